The predicted molar refractivity (Wildman–Crippen MR) is 104 cm³/mol. The van der Waals surface area contributed by atoms with E-state index in [1.165, 1.54) is 11.8 Å². The summed E-state index contributed by atoms with van der Waals surface area (Å²) in [6.45, 7) is 0. The van der Waals surface area contributed by atoms with Gasteiger partial charge in [-0.2, -0.15) is 13.9 Å². The zero-order valence-corrected chi connectivity index (χ0v) is 15.6. The third-order valence-electron chi connectivity index (χ3n) is 4.08. The molecular formula is C18H19F2N3OS2. The van der Waals surface area contributed by atoms with Crippen LogP contribution in [0.15, 0.2) is 51.5 Å². The van der Waals surface area contributed by atoms with Gasteiger partial charge in [-0.1, -0.05) is 47.8 Å². The van der Waals surface area contributed by atoms with Crippen molar-refractivity contribution < 1.29 is 13.6 Å². The maximum Gasteiger partial charge on any atom is 0.288 e. The highest BCUT2D eigenvalue weighted by Crippen LogP contribution is 2.27. The molecule has 1 N–H and O–H groups in total. The van der Waals surface area contributed by atoms with Crippen molar-refractivity contribution in [2.75, 3.05) is 0 Å². The SMILES string of the molecule is O=C1N/C(=N\N=C/[C@@H]2CC=CCC2)S[C@@H]1Cc1ccc(SC(F)F)cc1. The van der Waals surface area contributed by atoms with E-state index in [-0.39, 0.29) is 11.2 Å². The molecule has 2 atom stereocenters. The zero-order chi connectivity index (χ0) is 18.4. The summed E-state index contributed by atoms with van der Waals surface area (Å²) in [6.07, 6.45) is 9.81. The molecule has 1 amide bonds. The molecular weight excluding hydrogens is 376 g/mol. The summed E-state index contributed by atoms with van der Waals surface area (Å²) in [4.78, 5) is 12.6. The van der Waals surface area contributed by atoms with Gasteiger partial charge in [-0.05, 0) is 49.3 Å². The topological polar surface area (TPSA) is 53.8 Å². The fourth-order valence-corrected chi connectivity index (χ4v) is 4.20. The molecule has 1 aliphatic carbocycles. The summed E-state index contributed by atoms with van der Waals surface area (Å²) in [7, 11) is 0. The normalized spacial score (nSPS) is 24.7. The zero-order valence-electron chi connectivity index (χ0n) is 14.0. The van der Waals surface area contributed by atoms with Crippen molar-refractivity contribution in [2.24, 2.45) is 16.1 Å². The number of amidine groups is 1. The number of allylic oxidation sites excluding steroid dienone is 2. The van der Waals surface area contributed by atoms with E-state index in [1.807, 2.05) is 6.21 Å². The molecule has 0 saturated carbocycles. The first-order chi connectivity index (χ1) is 12.6. The molecule has 0 unspecified atom stereocenters. The van der Waals surface area contributed by atoms with Crippen molar-refractivity contribution >= 4 is 40.8 Å². The monoisotopic (exact) mass is 395 g/mol. The largest absolute Gasteiger partial charge is 0.303 e. The summed E-state index contributed by atoms with van der Waals surface area (Å²) in [6, 6.07) is 6.87. The molecule has 26 heavy (non-hydrogen) atoms. The fraction of sp³-hybridized carbons (Fsp3) is 0.389. The van der Waals surface area contributed by atoms with Crippen LogP contribution in [0, 0.1) is 5.92 Å². The molecule has 138 valence electrons. The molecule has 1 heterocycles. The number of nitrogens with zero attached hydrogens (tertiary/aromatic N) is 2. The minimum atomic E-state index is -2.43. The minimum absolute atomic E-state index is 0.101. The first-order valence-electron chi connectivity index (χ1n) is 8.37. The Labute approximate surface area is 159 Å². The summed E-state index contributed by atoms with van der Waals surface area (Å²) < 4.78 is 24.7. The van der Waals surface area contributed by atoms with Gasteiger partial charge in [0.2, 0.25) is 5.91 Å². The van der Waals surface area contributed by atoms with Crippen LogP contribution in [-0.2, 0) is 11.2 Å². The molecule has 0 bridgehead atoms. The number of amides is 1. The lowest BCUT2D eigenvalue weighted by molar-refractivity contribution is -0.118. The van der Waals surface area contributed by atoms with Gasteiger partial charge in [-0.15, -0.1) is 5.10 Å². The van der Waals surface area contributed by atoms with Crippen LogP contribution < -0.4 is 5.32 Å². The highest BCUT2D eigenvalue weighted by atomic mass is 32.2. The van der Waals surface area contributed by atoms with Crippen LogP contribution in [0.1, 0.15) is 24.8 Å². The third-order valence-corrected chi connectivity index (χ3v) is 5.88. The van der Waals surface area contributed by atoms with E-state index in [1.54, 1.807) is 24.3 Å². The van der Waals surface area contributed by atoms with Crippen LogP contribution in [0.5, 0.6) is 0 Å². The van der Waals surface area contributed by atoms with Crippen LogP contribution in [-0.4, -0.2) is 28.3 Å². The number of halogens is 2. The molecule has 1 aromatic rings. The quantitative estimate of drug-likeness (QED) is 0.335. The standard InChI is InChI=1S/C18H19F2N3OS2/c19-17(20)25-14-8-6-12(7-9-14)10-15-16(24)22-18(26-15)23-21-11-13-4-2-1-3-5-13/h1-2,6-9,11,13,15,17H,3-5,10H2,(H,22,23,24)/b21-11-/t13-,15-/m1/s1. The van der Waals surface area contributed by atoms with Gasteiger partial charge in [0.25, 0.3) is 5.76 Å². The third kappa shape index (κ3) is 5.67. The Hall–Kier alpha value is -1.67. The highest BCUT2D eigenvalue weighted by Gasteiger charge is 2.30. The Morgan fingerprint density at radius 3 is 2.81 bits per heavy atom. The van der Waals surface area contributed by atoms with Gasteiger partial charge in [0, 0.05) is 11.1 Å². The Morgan fingerprint density at radius 2 is 2.12 bits per heavy atom. The van der Waals surface area contributed by atoms with Crippen LogP contribution >= 0.6 is 23.5 Å². The second-order valence-electron chi connectivity index (χ2n) is 6.04. The van der Waals surface area contributed by atoms with Crippen LogP contribution in [0.2, 0.25) is 0 Å². The minimum Gasteiger partial charge on any atom is -0.303 e. The number of carbonyl (C=O) groups is 1. The van der Waals surface area contributed by atoms with Gasteiger partial charge in [0.15, 0.2) is 5.17 Å². The molecule has 8 heteroatoms. The number of thioether (sulfide) groups is 2. The Balaban J connectivity index is 1.53. The van der Waals surface area contributed by atoms with Crippen molar-refractivity contribution in [3.63, 3.8) is 0 Å². The Kier molecular flexibility index (Phi) is 6.85. The van der Waals surface area contributed by atoms with Crippen molar-refractivity contribution in [1.29, 1.82) is 0 Å². The number of hydrogen-bond acceptors (Lipinski definition) is 5. The molecule has 3 rings (SSSR count). The Morgan fingerprint density at radius 1 is 1.31 bits per heavy atom. The van der Waals surface area contributed by atoms with Crippen molar-refractivity contribution in [3.8, 4) is 0 Å². The maximum atomic E-state index is 12.3. The number of benzene rings is 1. The maximum absolute atomic E-state index is 12.3. The molecule has 1 fully saturated rings. The molecule has 1 aromatic carbocycles. The second kappa shape index (κ2) is 9.32. The fourth-order valence-electron chi connectivity index (χ4n) is 2.74. The van der Waals surface area contributed by atoms with E-state index in [4.69, 9.17) is 0 Å². The van der Waals surface area contributed by atoms with Gasteiger partial charge in [-0.25, -0.2) is 0 Å². The van der Waals surface area contributed by atoms with Gasteiger partial charge in [0.05, 0.1) is 5.25 Å². The first kappa shape index (κ1) is 19.1. The lowest BCUT2D eigenvalue weighted by Gasteiger charge is -2.10. The van der Waals surface area contributed by atoms with E-state index in [2.05, 4.69) is 27.7 Å². The molecule has 0 radical (unpaired) electrons. The Bertz CT molecular complexity index is 720. The number of rotatable bonds is 6. The second-order valence-corrected chi connectivity index (χ2v) is 8.29. The lowest BCUT2D eigenvalue weighted by Crippen LogP contribution is -2.25. The molecule has 1 saturated heterocycles. The highest BCUT2D eigenvalue weighted by molar-refractivity contribution is 8.15. The average Bonchev–Trinajstić information content (AvgIpc) is 2.97. The summed E-state index contributed by atoms with van der Waals surface area (Å²) in [5.41, 5.74) is 0.926. The van der Waals surface area contributed by atoms with Gasteiger partial charge < -0.3 is 5.32 Å². The molecule has 2 aliphatic rings. The number of alkyl halides is 2. The van der Waals surface area contributed by atoms with E-state index in [9.17, 15) is 13.6 Å². The average molecular weight is 396 g/mol. The first-order valence-corrected chi connectivity index (χ1v) is 10.1. The summed E-state index contributed by atoms with van der Waals surface area (Å²) in [5.74, 6) is -2.12. The van der Waals surface area contributed by atoms with Gasteiger partial charge in [-0.3, -0.25) is 4.79 Å². The number of carbonyl (C=O) groups excluding carboxylic acids is 1. The van der Waals surface area contributed by atoms with Crippen molar-refractivity contribution in [2.45, 2.75) is 41.6 Å². The number of nitrogens with one attached hydrogen (secondary N) is 1. The van der Waals surface area contributed by atoms with E-state index in [0.29, 0.717) is 34.2 Å². The number of hydrogen-bond donors (Lipinski definition) is 1. The summed E-state index contributed by atoms with van der Waals surface area (Å²) >= 11 is 1.87. The molecule has 0 spiro atoms. The summed E-state index contributed by atoms with van der Waals surface area (Å²) in [5, 5.41) is 11.2. The van der Waals surface area contributed by atoms with Crippen molar-refractivity contribution in [1.82, 2.24) is 5.32 Å². The molecule has 4 nitrogen and oxygen atoms in total. The molecule has 0 aromatic heterocycles. The van der Waals surface area contributed by atoms with E-state index >= 15 is 0 Å². The van der Waals surface area contributed by atoms with Crippen LogP contribution in [0.3, 0.4) is 0 Å². The van der Waals surface area contributed by atoms with Gasteiger partial charge in [0.1, 0.15) is 0 Å². The van der Waals surface area contributed by atoms with Crippen LogP contribution in [0.25, 0.3) is 0 Å². The van der Waals surface area contributed by atoms with E-state index in [0.717, 1.165) is 24.8 Å². The smallest absolute Gasteiger partial charge is 0.288 e. The van der Waals surface area contributed by atoms with Gasteiger partial charge >= 0.3 is 0 Å². The predicted octanol–water partition coefficient (Wildman–Crippen LogP) is 4.47. The van der Waals surface area contributed by atoms with Crippen LogP contribution in [0.4, 0.5) is 8.78 Å². The lowest BCUT2D eigenvalue weighted by atomic mass is 9.96. The molecule has 1 aliphatic heterocycles. The van der Waals surface area contributed by atoms with E-state index < -0.39 is 5.76 Å². The van der Waals surface area contributed by atoms with Crippen molar-refractivity contribution in [3.05, 3.63) is 42.0 Å².